The quantitative estimate of drug-likeness (QED) is 0.854. The van der Waals surface area contributed by atoms with Crippen LogP contribution in [0.4, 0.5) is 5.69 Å². The molecule has 0 aliphatic rings. The van der Waals surface area contributed by atoms with Crippen LogP contribution in [0.3, 0.4) is 0 Å². The fraction of sp³-hybridized carbons (Fsp3) is 0.357. The Labute approximate surface area is 124 Å². The second-order valence-electron chi connectivity index (χ2n) is 4.99. The molecule has 0 atom stereocenters. The molecule has 6 heteroatoms. The molecular formula is C14H19N5S. The van der Waals surface area contributed by atoms with Crippen LogP contribution in [0.1, 0.15) is 31.3 Å². The van der Waals surface area contributed by atoms with E-state index in [1.807, 2.05) is 36.0 Å². The Bertz CT molecular complexity index is 605. The summed E-state index contributed by atoms with van der Waals surface area (Å²) >= 11 is 5.01. The van der Waals surface area contributed by atoms with Crippen molar-refractivity contribution in [1.82, 2.24) is 14.8 Å². The lowest BCUT2D eigenvalue weighted by Gasteiger charge is -2.20. The maximum atomic E-state index is 5.67. The van der Waals surface area contributed by atoms with E-state index in [1.54, 1.807) is 6.33 Å². The highest BCUT2D eigenvalue weighted by atomic mass is 32.1. The summed E-state index contributed by atoms with van der Waals surface area (Å²) in [5.74, 6) is 0.934. The summed E-state index contributed by atoms with van der Waals surface area (Å²) in [6.07, 6.45) is 1.59. The highest BCUT2D eigenvalue weighted by Crippen LogP contribution is 2.17. The molecule has 106 valence electrons. The number of aromatic nitrogens is 3. The summed E-state index contributed by atoms with van der Waals surface area (Å²) in [7, 11) is 2.01. The average molecular weight is 289 g/mol. The normalized spacial score (nSPS) is 10.8. The van der Waals surface area contributed by atoms with E-state index in [0.717, 1.165) is 17.1 Å². The molecule has 20 heavy (non-hydrogen) atoms. The molecular weight excluding hydrogens is 270 g/mol. The van der Waals surface area contributed by atoms with Gasteiger partial charge in [0.05, 0.1) is 6.54 Å². The van der Waals surface area contributed by atoms with Crippen molar-refractivity contribution in [2.45, 2.75) is 26.4 Å². The van der Waals surface area contributed by atoms with Gasteiger partial charge in [0.25, 0.3) is 0 Å². The number of rotatable bonds is 5. The van der Waals surface area contributed by atoms with E-state index < -0.39 is 0 Å². The molecule has 1 heterocycles. The predicted molar refractivity (Wildman–Crippen MR) is 84.8 cm³/mol. The van der Waals surface area contributed by atoms with Crippen molar-refractivity contribution in [3.05, 3.63) is 42.0 Å². The lowest BCUT2D eigenvalue weighted by Crippen LogP contribution is -2.21. The van der Waals surface area contributed by atoms with Crippen LogP contribution in [0.25, 0.3) is 0 Å². The first kappa shape index (κ1) is 14.5. The molecule has 1 aromatic heterocycles. The molecule has 0 saturated carbocycles. The summed E-state index contributed by atoms with van der Waals surface area (Å²) in [4.78, 5) is 6.83. The third-order valence-electron chi connectivity index (χ3n) is 3.09. The molecule has 0 saturated heterocycles. The molecule has 0 amide bonds. The zero-order valence-corrected chi connectivity index (χ0v) is 12.8. The van der Waals surface area contributed by atoms with Crippen molar-refractivity contribution in [2.24, 2.45) is 5.73 Å². The average Bonchev–Trinajstić information content (AvgIpc) is 2.87. The van der Waals surface area contributed by atoms with Crippen molar-refractivity contribution >= 4 is 22.9 Å². The van der Waals surface area contributed by atoms with Gasteiger partial charge in [0.2, 0.25) is 0 Å². The fourth-order valence-electron chi connectivity index (χ4n) is 2.02. The van der Waals surface area contributed by atoms with Gasteiger partial charge in [-0.25, -0.2) is 9.67 Å². The molecule has 0 aliphatic heterocycles. The van der Waals surface area contributed by atoms with Crippen LogP contribution in [-0.4, -0.2) is 26.8 Å². The minimum Gasteiger partial charge on any atom is -0.389 e. The summed E-state index contributed by atoms with van der Waals surface area (Å²) in [5.41, 5.74) is 7.59. The molecule has 0 spiro atoms. The van der Waals surface area contributed by atoms with Crippen LogP contribution in [0.15, 0.2) is 30.6 Å². The molecule has 0 unspecified atom stereocenters. The first-order valence-electron chi connectivity index (χ1n) is 6.48. The van der Waals surface area contributed by atoms with Gasteiger partial charge in [-0.1, -0.05) is 24.4 Å². The number of thiocarbonyl (C=S) groups is 1. The molecule has 2 N–H and O–H groups in total. The summed E-state index contributed by atoms with van der Waals surface area (Å²) in [6, 6.07) is 8.17. The summed E-state index contributed by atoms with van der Waals surface area (Å²) in [5, 5.41) is 4.25. The van der Waals surface area contributed by atoms with Gasteiger partial charge in [0, 0.05) is 24.3 Å². The second-order valence-corrected chi connectivity index (χ2v) is 5.43. The number of benzene rings is 1. The first-order valence-corrected chi connectivity index (χ1v) is 6.89. The van der Waals surface area contributed by atoms with Crippen LogP contribution in [0.2, 0.25) is 0 Å². The number of anilines is 1. The van der Waals surface area contributed by atoms with Crippen LogP contribution < -0.4 is 10.6 Å². The van der Waals surface area contributed by atoms with Gasteiger partial charge in [-0.3, -0.25) is 0 Å². The predicted octanol–water partition coefficient (Wildman–Crippen LogP) is 2.13. The van der Waals surface area contributed by atoms with E-state index in [9.17, 15) is 0 Å². The summed E-state index contributed by atoms with van der Waals surface area (Å²) in [6.45, 7) is 4.86. The van der Waals surface area contributed by atoms with Crippen molar-refractivity contribution in [3.63, 3.8) is 0 Å². The van der Waals surface area contributed by atoms with E-state index in [0.29, 0.717) is 17.6 Å². The minimum absolute atomic E-state index is 0.295. The zero-order valence-electron chi connectivity index (χ0n) is 11.9. The zero-order chi connectivity index (χ0) is 14.7. The lowest BCUT2D eigenvalue weighted by atomic mass is 10.2. The largest absolute Gasteiger partial charge is 0.389 e. The Kier molecular flexibility index (Phi) is 4.34. The molecule has 2 rings (SSSR count). The first-order chi connectivity index (χ1) is 9.49. The SMILES string of the molecule is CC(C)n1ncnc1CN(C)c1cccc(C(N)=S)c1. The molecule has 0 aliphatic carbocycles. The fourth-order valence-corrected chi connectivity index (χ4v) is 2.15. The van der Waals surface area contributed by atoms with E-state index in [4.69, 9.17) is 18.0 Å². The van der Waals surface area contributed by atoms with Crippen molar-refractivity contribution in [2.75, 3.05) is 11.9 Å². The van der Waals surface area contributed by atoms with E-state index >= 15 is 0 Å². The van der Waals surface area contributed by atoms with Crippen LogP contribution in [0.5, 0.6) is 0 Å². The molecule has 5 nitrogen and oxygen atoms in total. The number of nitrogens with two attached hydrogens (primary N) is 1. The van der Waals surface area contributed by atoms with Crippen LogP contribution >= 0.6 is 12.2 Å². The minimum atomic E-state index is 0.295. The maximum absolute atomic E-state index is 5.67. The third-order valence-corrected chi connectivity index (χ3v) is 3.32. The highest BCUT2D eigenvalue weighted by molar-refractivity contribution is 7.80. The van der Waals surface area contributed by atoms with Gasteiger partial charge in [0.15, 0.2) is 0 Å². The number of hydrogen-bond acceptors (Lipinski definition) is 4. The van der Waals surface area contributed by atoms with Crippen molar-refractivity contribution in [3.8, 4) is 0 Å². The Balaban J connectivity index is 2.19. The number of hydrogen-bond donors (Lipinski definition) is 1. The van der Waals surface area contributed by atoms with E-state index in [-0.39, 0.29) is 0 Å². The molecule has 0 radical (unpaired) electrons. The van der Waals surface area contributed by atoms with Gasteiger partial charge < -0.3 is 10.6 Å². The van der Waals surface area contributed by atoms with Gasteiger partial charge in [-0.15, -0.1) is 0 Å². The Hall–Kier alpha value is -1.95. The Morgan fingerprint density at radius 1 is 1.45 bits per heavy atom. The van der Waals surface area contributed by atoms with Gasteiger partial charge in [0.1, 0.15) is 17.1 Å². The molecule has 0 fully saturated rings. The van der Waals surface area contributed by atoms with E-state index in [1.165, 1.54) is 0 Å². The van der Waals surface area contributed by atoms with Gasteiger partial charge in [-0.05, 0) is 26.0 Å². The lowest BCUT2D eigenvalue weighted by molar-refractivity contribution is 0.503. The molecule has 1 aromatic carbocycles. The third kappa shape index (κ3) is 3.14. The maximum Gasteiger partial charge on any atom is 0.146 e. The standard InChI is InChI=1S/C14H19N5S/c1-10(2)19-13(16-9-17-19)8-18(3)12-6-4-5-11(7-12)14(15)20/h4-7,9-10H,8H2,1-3H3,(H2,15,20). The van der Waals surface area contributed by atoms with Crippen LogP contribution in [0, 0.1) is 0 Å². The monoisotopic (exact) mass is 289 g/mol. The van der Waals surface area contributed by atoms with Crippen molar-refractivity contribution in [1.29, 1.82) is 0 Å². The Morgan fingerprint density at radius 2 is 2.20 bits per heavy atom. The van der Waals surface area contributed by atoms with Gasteiger partial charge >= 0.3 is 0 Å². The highest BCUT2D eigenvalue weighted by Gasteiger charge is 2.11. The van der Waals surface area contributed by atoms with Gasteiger partial charge in [-0.2, -0.15) is 5.10 Å². The Morgan fingerprint density at radius 3 is 2.85 bits per heavy atom. The molecule has 2 aromatic rings. The van der Waals surface area contributed by atoms with E-state index in [2.05, 4.69) is 28.8 Å². The van der Waals surface area contributed by atoms with Crippen LogP contribution in [-0.2, 0) is 6.54 Å². The molecule has 0 bridgehead atoms. The topological polar surface area (TPSA) is 60.0 Å². The number of nitrogens with zero attached hydrogens (tertiary/aromatic N) is 4. The van der Waals surface area contributed by atoms with Crippen molar-refractivity contribution < 1.29 is 0 Å². The summed E-state index contributed by atoms with van der Waals surface area (Å²) < 4.78 is 1.92. The smallest absolute Gasteiger partial charge is 0.146 e. The second kappa shape index (κ2) is 6.00.